The average molecular weight is 433 g/mol. The highest BCUT2D eigenvalue weighted by atomic mass is 32.2. The zero-order valence-corrected chi connectivity index (χ0v) is 18.5. The molecule has 0 saturated heterocycles. The van der Waals surface area contributed by atoms with E-state index in [2.05, 4.69) is 4.98 Å². The first-order chi connectivity index (χ1) is 13.8. The first kappa shape index (κ1) is 21.3. The minimum Gasteiger partial charge on any atom is -0.493 e. The van der Waals surface area contributed by atoms with Gasteiger partial charge in [-0.15, -0.1) is 11.3 Å². The minimum absolute atomic E-state index is 0.195. The molecule has 2 aromatic carbocycles. The highest BCUT2D eigenvalue weighted by Crippen LogP contribution is 2.34. The summed E-state index contributed by atoms with van der Waals surface area (Å²) in [5.74, 6) is 1.32. The van der Waals surface area contributed by atoms with Crippen LogP contribution in [0.4, 0.5) is 0 Å². The van der Waals surface area contributed by atoms with Crippen molar-refractivity contribution in [1.29, 1.82) is 0 Å². The molecule has 0 atom stereocenters. The summed E-state index contributed by atoms with van der Waals surface area (Å²) in [4.78, 5) is 4.88. The molecule has 0 fully saturated rings. The van der Waals surface area contributed by atoms with Gasteiger partial charge in [-0.2, -0.15) is 4.31 Å². The first-order valence-corrected chi connectivity index (χ1v) is 11.5. The Morgan fingerprint density at radius 2 is 1.83 bits per heavy atom. The minimum atomic E-state index is -3.57. The summed E-state index contributed by atoms with van der Waals surface area (Å²) in [5, 5.41) is 2.67. The molecule has 154 valence electrons. The number of aryl methyl sites for hydroxylation is 1. The van der Waals surface area contributed by atoms with E-state index in [-0.39, 0.29) is 11.4 Å². The predicted octanol–water partition coefficient (Wildman–Crippen LogP) is 4.35. The van der Waals surface area contributed by atoms with E-state index in [4.69, 9.17) is 9.47 Å². The number of benzene rings is 2. The van der Waals surface area contributed by atoms with E-state index in [1.54, 1.807) is 38.4 Å². The van der Waals surface area contributed by atoms with Crippen molar-refractivity contribution in [3.05, 3.63) is 59.1 Å². The Balaban J connectivity index is 1.79. The molecule has 0 bridgehead atoms. The molecule has 0 amide bonds. The van der Waals surface area contributed by atoms with Crippen molar-refractivity contribution in [2.45, 2.75) is 25.3 Å². The van der Waals surface area contributed by atoms with Crippen molar-refractivity contribution in [3.63, 3.8) is 0 Å². The van der Waals surface area contributed by atoms with Crippen LogP contribution in [0.25, 0.3) is 10.6 Å². The lowest BCUT2D eigenvalue weighted by atomic mass is 10.2. The average Bonchev–Trinajstić information content (AvgIpc) is 3.17. The van der Waals surface area contributed by atoms with Crippen LogP contribution in [0.2, 0.25) is 0 Å². The molecule has 29 heavy (non-hydrogen) atoms. The van der Waals surface area contributed by atoms with Gasteiger partial charge in [0.15, 0.2) is 11.5 Å². The van der Waals surface area contributed by atoms with Gasteiger partial charge in [-0.05, 0) is 44.2 Å². The Bertz CT molecular complexity index is 1080. The molecular weight excluding hydrogens is 408 g/mol. The fraction of sp³-hybridized carbons (Fsp3) is 0.286. The lowest BCUT2D eigenvalue weighted by Gasteiger charge is -2.16. The third-order valence-electron chi connectivity index (χ3n) is 4.38. The van der Waals surface area contributed by atoms with E-state index in [1.807, 2.05) is 37.4 Å². The maximum Gasteiger partial charge on any atom is 0.243 e. The maximum atomic E-state index is 12.8. The fourth-order valence-corrected chi connectivity index (χ4v) is 4.74. The van der Waals surface area contributed by atoms with Crippen LogP contribution in [-0.4, -0.2) is 38.5 Å². The number of aromatic nitrogens is 1. The normalized spacial score (nSPS) is 11.6. The largest absolute Gasteiger partial charge is 0.493 e. The van der Waals surface area contributed by atoms with Gasteiger partial charge in [0.1, 0.15) is 5.01 Å². The smallest absolute Gasteiger partial charge is 0.243 e. The van der Waals surface area contributed by atoms with E-state index in [0.29, 0.717) is 23.8 Å². The second-order valence-corrected chi connectivity index (χ2v) is 9.42. The summed E-state index contributed by atoms with van der Waals surface area (Å²) >= 11 is 1.46. The Morgan fingerprint density at radius 1 is 1.10 bits per heavy atom. The quantitative estimate of drug-likeness (QED) is 0.529. The summed E-state index contributed by atoms with van der Waals surface area (Å²) in [6.45, 7) is 4.59. The van der Waals surface area contributed by atoms with E-state index < -0.39 is 10.0 Å². The van der Waals surface area contributed by atoms with Crippen molar-refractivity contribution in [3.8, 4) is 22.1 Å². The third kappa shape index (κ3) is 4.77. The zero-order valence-electron chi connectivity index (χ0n) is 16.9. The summed E-state index contributed by atoms with van der Waals surface area (Å²) < 4.78 is 37.8. The molecule has 0 N–H and O–H groups in total. The number of rotatable bonds is 8. The van der Waals surface area contributed by atoms with E-state index in [9.17, 15) is 8.42 Å². The van der Waals surface area contributed by atoms with Gasteiger partial charge in [0.2, 0.25) is 10.0 Å². The van der Waals surface area contributed by atoms with Crippen LogP contribution in [0.3, 0.4) is 0 Å². The molecule has 6 nitrogen and oxygen atoms in total. The molecule has 0 aliphatic carbocycles. The number of thiazole rings is 1. The zero-order chi connectivity index (χ0) is 21.0. The lowest BCUT2D eigenvalue weighted by molar-refractivity contribution is 0.311. The van der Waals surface area contributed by atoms with Crippen LogP contribution >= 0.6 is 11.3 Å². The SMILES string of the molecule is CCOc1ccc(-c2nc(CN(C)S(=O)(=O)c3ccc(C)cc3)cs2)cc1OC. The third-order valence-corrected chi connectivity index (χ3v) is 7.13. The van der Waals surface area contributed by atoms with Gasteiger partial charge in [-0.3, -0.25) is 0 Å². The van der Waals surface area contributed by atoms with Gasteiger partial charge in [0, 0.05) is 18.0 Å². The van der Waals surface area contributed by atoms with Crippen molar-refractivity contribution in [2.75, 3.05) is 20.8 Å². The van der Waals surface area contributed by atoms with Crippen LogP contribution in [-0.2, 0) is 16.6 Å². The van der Waals surface area contributed by atoms with Gasteiger partial charge >= 0.3 is 0 Å². The van der Waals surface area contributed by atoms with Crippen LogP contribution < -0.4 is 9.47 Å². The van der Waals surface area contributed by atoms with Crippen molar-refractivity contribution in [2.24, 2.45) is 0 Å². The topological polar surface area (TPSA) is 68.7 Å². The summed E-state index contributed by atoms with van der Waals surface area (Å²) in [6.07, 6.45) is 0. The molecule has 0 aliphatic rings. The Labute approximate surface area is 175 Å². The second kappa shape index (κ2) is 8.94. The molecule has 0 aliphatic heterocycles. The van der Waals surface area contributed by atoms with Crippen molar-refractivity contribution >= 4 is 21.4 Å². The highest BCUT2D eigenvalue weighted by Gasteiger charge is 2.22. The summed E-state index contributed by atoms with van der Waals surface area (Å²) in [5.41, 5.74) is 2.60. The maximum absolute atomic E-state index is 12.8. The number of sulfonamides is 1. The lowest BCUT2D eigenvalue weighted by Crippen LogP contribution is -2.26. The van der Waals surface area contributed by atoms with Crippen molar-refractivity contribution in [1.82, 2.24) is 9.29 Å². The molecular formula is C21H24N2O4S2. The molecule has 0 spiro atoms. The van der Waals surface area contributed by atoms with Crippen LogP contribution in [0.5, 0.6) is 11.5 Å². The predicted molar refractivity (Wildman–Crippen MR) is 115 cm³/mol. The molecule has 1 aromatic heterocycles. The molecule has 0 saturated carbocycles. The second-order valence-electron chi connectivity index (χ2n) is 6.52. The number of hydrogen-bond donors (Lipinski definition) is 0. The van der Waals surface area contributed by atoms with Gasteiger partial charge in [0.25, 0.3) is 0 Å². The first-order valence-electron chi connectivity index (χ1n) is 9.13. The van der Waals surface area contributed by atoms with Crippen molar-refractivity contribution < 1.29 is 17.9 Å². The molecule has 0 unspecified atom stereocenters. The Morgan fingerprint density at radius 3 is 2.48 bits per heavy atom. The molecule has 1 heterocycles. The molecule has 8 heteroatoms. The van der Waals surface area contributed by atoms with Crippen LogP contribution in [0, 0.1) is 6.92 Å². The Hall–Kier alpha value is -2.42. The van der Waals surface area contributed by atoms with Gasteiger partial charge in [-0.25, -0.2) is 13.4 Å². The molecule has 3 aromatic rings. The summed E-state index contributed by atoms with van der Waals surface area (Å²) in [6, 6.07) is 12.5. The standard InChI is InChI=1S/C21H24N2O4S2/c1-5-27-19-11-8-16(12-20(19)26-4)21-22-17(14-28-21)13-23(3)29(24,25)18-9-6-15(2)7-10-18/h6-12,14H,5,13H2,1-4H3. The fourth-order valence-electron chi connectivity index (χ4n) is 2.79. The Kier molecular flexibility index (Phi) is 6.56. The summed E-state index contributed by atoms with van der Waals surface area (Å²) in [7, 11) is -0.410. The molecule has 3 rings (SSSR count). The van der Waals surface area contributed by atoms with Gasteiger partial charge in [0.05, 0.1) is 30.9 Å². The highest BCUT2D eigenvalue weighted by molar-refractivity contribution is 7.89. The van der Waals surface area contributed by atoms with E-state index >= 15 is 0 Å². The van der Waals surface area contributed by atoms with Gasteiger partial charge in [-0.1, -0.05) is 17.7 Å². The number of nitrogens with zero attached hydrogens (tertiary/aromatic N) is 2. The van der Waals surface area contributed by atoms with Crippen LogP contribution in [0.15, 0.2) is 52.7 Å². The van der Waals surface area contributed by atoms with Crippen LogP contribution in [0.1, 0.15) is 18.2 Å². The monoisotopic (exact) mass is 432 g/mol. The number of hydrogen-bond acceptors (Lipinski definition) is 6. The molecule has 0 radical (unpaired) electrons. The van der Waals surface area contributed by atoms with E-state index in [1.165, 1.54) is 15.6 Å². The van der Waals surface area contributed by atoms with E-state index in [0.717, 1.165) is 16.1 Å². The number of ether oxygens (including phenoxy) is 2. The number of methoxy groups -OCH3 is 1. The van der Waals surface area contributed by atoms with Gasteiger partial charge < -0.3 is 9.47 Å².